The Hall–Kier alpha value is -2.89. The molecule has 6 nitrogen and oxygen atoms in total. The van der Waals surface area contributed by atoms with Crippen molar-refractivity contribution in [2.45, 2.75) is 6.92 Å². The number of aryl methyl sites for hydroxylation is 1. The molecule has 0 radical (unpaired) electrons. The van der Waals surface area contributed by atoms with Crippen LogP contribution >= 0.6 is 0 Å². The van der Waals surface area contributed by atoms with E-state index in [1.165, 1.54) is 0 Å². The molecule has 0 aliphatic carbocycles. The molecule has 100 valence electrons. The van der Waals surface area contributed by atoms with E-state index in [0.717, 1.165) is 11.3 Å². The summed E-state index contributed by atoms with van der Waals surface area (Å²) in [4.78, 5) is 12.0. The second kappa shape index (κ2) is 5.00. The molecule has 6 heteroatoms. The molecular weight excluding hydrogens is 256 g/mol. The predicted octanol–water partition coefficient (Wildman–Crippen LogP) is 2.63. The molecule has 0 fully saturated rings. The summed E-state index contributed by atoms with van der Waals surface area (Å²) in [5, 5.41) is 13.2. The van der Waals surface area contributed by atoms with Crippen molar-refractivity contribution in [1.82, 2.24) is 15.4 Å². The van der Waals surface area contributed by atoms with Crippen molar-refractivity contribution in [2.24, 2.45) is 0 Å². The molecule has 1 aromatic carbocycles. The number of amides is 1. The Labute approximate surface area is 114 Å². The van der Waals surface area contributed by atoms with E-state index in [9.17, 15) is 4.79 Å². The average Bonchev–Trinajstić information content (AvgIpc) is 3.09. The van der Waals surface area contributed by atoms with Gasteiger partial charge in [0.15, 0.2) is 5.82 Å². The van der Waals surface area contributed by atoms with E-state index in [-0.39, 0.29) is 11.7 Å². The van der Waals surface area contributed by atoms with Crippen LogP contribution in [-0.2, 0) is 0 Å². The van der Waals surface area contributed by atoms with Crippen LogP contribution in [-0.4, -0.2) is 21.3 Å². The van der Waals surface area contributed by atoms with Gasteiger partial charge in [0.1, 0.15) is 5.69 Å². The van der Waals surface area contributed by atoms with Gasteiger partial charge in [0.05, 0.1) is 0 Å². The number of benzene rings is 1. The molecule has 0 atom stereocenters. The Kier molecular flexibility index (Phi) is 3.04. The minimum atomic E-state index is -0.383. The Morgan fingerprint density at radius 1 is 1.25 bits per heavy atom. The summed E-state index contributed by atoms with van der Waals surface area (Å²) in [7, 11) is 0. The first kappa shape index (κ1) is 12.2. The van der Waals surface area contributed by atoms with Gasteiger partial charge in [-0.05, 0) is 6.92 Å². The van der Waals surface area contributed by atoms with Crippen LogP contribution in [0.3, 0.4) is 0 Å². The highest BCUT2D eigenvalue weighted by atomic mass is 16.5. The third kappa shape index (κ3) is 2.44. The molecule has 2 N–H and O–H groups in total. The van der Waals surface area contributed by atoms with Crippen LogP contribution in [0.5, 0.6) is 0 Å². The lowest BCUT2D eigenvalue weighted by atomic mass is 10.1. The third-order valence-corrected chi connectivity index (χ3v) is 2.75. The molecule has 0 spiro atoms. The zero-order valence-corrected chi connectivity index (χ0v) is 10.8. The van der Waals surface area contributed by atoms with Gasteiger partial charge in [-0.2, -0.15) is 5.10 Å². The molecule has 0 unspecified atom stereocenters. The van der Waals surface area contributed by atoms with Gasteiger partial charge in [-0.1, -0.05) is 35.5 Å². The van der Waals surface area contributed by atoms with Crippen molar-refractivity contribution in [3.63, 3.8) is 0 Å². The molecular formula is C14H12N4O2. The van der Waals surface area contributed by atoms with Crippen molar-refractivity contribution < 1.29 is 9.32 Å². The van der Waals surface area contributed by atoms with Gasteiger partial charge in [0.2, 0.25) is 5.76 Å². The molecule has 3 aromatic rings. The lowest BCUT2D eigenvalue weighted by Gasteiger charge is -1.95. The molecule has 0 saturated carbocycles. The Morgan fingerprint density at radius 2 is 2.05 bits per heavy atom. The molecule has 0 aliphatic heterocycles. The lowest BCUT2D eigenvalue weighted by Crippen LogP contribution is -2.11. The number of nitrogens with zero attached hydrogens (tertiary/aromatic N) is 2. The predicted molar refractivity (Wildman–Crippen MR) is 73.2 cm³/mol. The summed E-state index contributed by atoms with van der Waals surface area (Å²) in [6.45, 7) is 1.85. The molecule has 0 aliphatic rings. The number of nitrogens with one attached hydrogen (secondary N) is 2. The van der Waals surface area contributed by atoms with E-state index in [2.05, 4.69) is 20.7 Å². The van der Waals surface area contributed by atoms with Crippen LogP contribution in [0.4, 0.5) is 5.82 Å². The number of carbonyl (C=O) groups is 1. The Balaban J connectivity index is 1.78. The zero-order valence-electron chi connectivity index (χ0n) is 10.8. The summed E-state index contributed by atoms with van der Waals surface area (Å²) in [6.07, 6.45) is 0. The van der Waals surface area contributed by atoms with E-state index < -0.39 is 0 Å². The van der Waals surface area contributed by atoms with Crippen molar-refractivity contribution in [1.29, 1.82) is 0 Å². The van der Waals surface area contributed by atoms with Gasteiger partial charge >= 0.3 is 0 Å². The minimum Gasteiger partial charge on any atom is -0.350 e. The van der Waals surface area contributed by atoms with Crippen LogP contribution in [0.1, 0.15) is 16.2 Å². The second-order valence-electron chi connectivity index (χ2n) is 4.33. The first-order chi connectivity index (χ1) is 9.72. The fourth-order valence-electron chi connectivity index (χ4n) is 1.79. The fourth-order valence-corrected chi connectivity index (χ4v) is 1.79. The van der Waals surface area contributed by atoms with Gasteiger partial charge in [-0.15, -0.1) is 0 Å². The SMILES string of the molecule is Cc1cc(NC(=O)c2cc(-c3ccccc3)no2)n[nH]1. The van der Waals surface area contributed by atoms with Gasteiger partial charge < -0.3 is 9.84 Å². The molecule has 3 rings (SSSR count). The maximum Gasteiger partial charge on any atom is 0.295 e. The van der Waals surface area contributed by atoms with E-state index in [1.807, 2.05) is 37.3 Å². The number of hydrogen-bond donors (Lipinski definition) is 2. The van der Waals surface area contributed by atoms with Crippen molar-refractivity contribution in [3.8, 4) is 11.3 Å². The second-order valence-corrected chi connectivity index (χ2v) is 4.33. The first-order valence-corrected chi connectivity index (χ1v) is 6.08. The van der Waals surface area contributed by atoms with Gasteiger partial charge in [0, 0.05) is 23.4 Å². The Morgan fingerprint density at radius 3 is 2.75 bits per heavy atom. The topological polar surface area (TPSA) is 83.8 Å². The van der Waals surface area contributed by atoms with Crippen LogP contribution in [0.25, 0.3) is 11.3 Å². The lowest BCUT2D eigenvalue weighted by molar-refractivity contribution is 0.0987. The quantitative estimate of drug-likeness (QED) is 0.764. The van der Waals surface area contributed by atoms with Gasteiger partial charge in [-0.25, -0.2) is 0 Å². The maximum atomic E-state index is 12.0. The van der Waals surface area contributed by atoms with E-state index >= 15 is 0 Å². The highest BCUT2D eigenvalue weighted by Gasteiger charge is 2.15. The van der Waals surface area contributed by atoms with E-state index in [1.54, 1.807) is 12.1 Å². The van der Waals surface area contributed by atoms with Crippen molar-refractivity contribution >= 4 is 11.7 Å². The third-order valence-electron chi connectivity index (χ3n) is 2.75. The highest BCUT2D eigenvalue weighted by Crippen LogP contribution is 2.19. The monoisotopic (exact) mass is 268 g/mol. The summed E-state index contributed by atoms with van der Waals surface area (Å²) in [6, 6.07) is 12.8. The summed E-state index contributed by atoms with van der Waals surface area (Å²) in [5.41, 5.74) is 2.38. The number of H-pyrrole nitrogens is 1. The van der Waals surface area contributed by atoms with Crippen LogP contribution in [0.2, 0.25) is 0 Å². The van der Waals surface area contributed by atoms with Crippen LogP contribution in [0.15, 0.2) is 47.0 Å². The molecule has 2 aromatic heterocycles. The normalized spacial score (nSPS) is 10.4. The summed E-state index contributed by atoms with van der Waals surface area (Å²) < 4.78 is 5.06. The van der Waals surface area contributed by atoms with Crippen LogP contribution < -0.4 is 5.32 Å². The van der Waals surface area contributed by atoms with E-state index in [0.29, 0.717) is 11.5 Å². The summed E-state index contributed by atoms with van der Waals surface area (Å²) in [5.74, 6) is 0.209. The highest BCUT2D eigenvalue weighted by molar-refractivity contribution is 6.02. The van der Waals surface area contributed by atoms with Crippen LogP contribution in [0, 0.1) is 6.92 Å². The zero-order chi connectivity index (χ0) is 13.9. The maximum absolute atomic E-state index is 12.0. The van der Waals surface area contributed by atoms with Gasteiger partial charge in [-0.3, -0.25) is 9.89 Å². The smallest absolute Gasteiger partial charge is 0.295 e. The molecule has 0 bridgehead atoms. The number of rotatable bonds is 3. The number of carbonyl (C=O) groups excluding carboxylic acids is 1. The molecule has 0 saturated heterocycles. The molecule has 1 amide bonds. The standard InChI is InChI=1S/C14H12N4O2/c1-9-7-13(17-16-9)15-14(19)12-8-11(18-20-12)10-5-3-2-4-6-10/h2-8H,1H3,(H2,15,16,17,19). The number of anilines is 1. The van der Waals surface area contributed by atoms with Gasteiger partial charge in [0.25, 0.3) is 5.91 Å². The average molecular weight is 268 g/mol. The largest absolute Gasteiger partial charge is 0.350 e. The fraction of sp³-hybridized carbons (Fsp3) is 0.0714. The number of hydrogen-bond acceptors (Lipinski definition) is 4. The molecule has 20 heavy (non-hydrogen) atoms. The Bertz CT molecular complexity index is 730. The van der Waals surface area contributed by atoms with Crippen molar-refractivity contribution in [3.05, 3.63) is 53.9 Å². The number of aromatic nitrogens is 3. The summed E-state index contributed by atoms with van der Waals surface area (Å²) >= 11 is 0. The van der Waals surface area contributed by atoms with E-state index in [4.69, 9.17) is 4.52 Å². The minimum absolute atomic E-state index is 0.143. The van der Waals surface area contributed by atoms with Crippen molar-refractivity contribution in [2.75, 3.05) is 5.32 Å². The first-order valence-electron chi connectivity index (χ1n) is 6.08. The molecule has 2 heterocycles. The number of aromatic amines is 1.